The highest BCUT2D eigenvalue weighted by atomic mass is 79.9. The molecule has 1 nitrogen and oxygen atoms in total. The molecule has 106 valence electrons. The van der Waals surface area contributed by atoms with E-state index in [1.807, 2.05) is 25.1 Å². The molecule has 2 aromatic carbocycles. The second-order valence-electron chi connectivity index (χ2n) is 4.51. The third-order valence-electron chi connectivity index (χ3n) is 2.93. The van der Waals surface area contributed by atoms with Crippen LogP contribution in [0.2, 0.25) is 0 Å². The molecule has 0 unspecified atom stereocenters. The second kappa shape index (κ2) is 5.87. The highest BCUT2D eigenvalue weighted by molar-refractivity contribution is 9.10. The Bertz CT molecular complexity index is 591. The number of hydrogen-bond donors (Lipinski definition) is 1. The van der Waals surface area contributed by atoms with E-state index in [0.29, 0.717) is 12.2 Å². The zero-order chi connectivity index (χ0) is 14.8. The molecule has 0 aromatic heterocycles. The van der Waals surface area contributed by atoms with Crippen molar-refractivity contribution in [2.24, 2.45) is 0 Å². The lowest BCUT2D eigenvalue weighted by Crippen LogP contribution is -2.05. The Hall–Kier alpha value is -1.49. The first-order valence-corrected chi connectivity index (χ1v) is 6.82. The fourth-order valence-electron chi connectivity index (χ4n) is 1.80. The third kappa shape index (κ3) is 3.76. The van der Waals surface area contributed by atoms with Crippen molar-refractivity contribution in [1.82, 2.24) is 0 Å². The zero-order valence-corrected chi connectivity index (χ0v) is 12.3. The molecule has 0 spiro atoms. The maximum Gasteiger partial charge on any atom is 0.416 e. The molecule has 0 bridgehead atoms. The summed E-state index contributed by atoms with van der Waals surface area (Å²) in [6.07, 6.45) is -4.29. The van der Waals surface area contributed by atoms with Crippen LogP contribution in [0.5, 0.6) is 0 Å². The molecule has 0 aliphatic heterocycles. The molecular weight excluding hydrogens is 331 g/mol. The van der Waals surface area contributed by atoms with Crippen molar-refractivity contribution in [3.63, 3.8) is 0 Å². The van der Waals surface area contributed by atoms with Crippen molar-refractivity contribution in [1.29, 1.82) is 0 Å². The average molecular weight is 344 g/mol. The fourth-order valence-corrected chi connectivity index (χ4v) is 2.04. The standard InChI is InChI=1S/C15H13BrF3N/c1-10-8-11(2-7-14(10)16)9-20-13-5-3-12(4-6-13)15(17,18)19/h2-8,20H,9H2,1H3. The Morgan fingerprint density at radius 1 is 1.05 bits per heavy atom. The van der Waals surface area contributed by atoms with E-state index in [2.05, 4.69) is 21.2 Å². The number of rotatable bonds is 3. The Labute approximate surface area is 123 Å². The van der Waals surface area contributed by atoms with Gasteiger partial charge in [-0.15, -0.1) is 0 Å². The van der Waals surface area contributed by atoms with E-state index >= 15 is 0 Å². The molecule has 1 N–H and O–H groups in total. The van der Waals surface area contributed by atoms with Crippen LogP contribution in [0.1, 0.15) is 16.7 Å². The predicted molar refractivity (Wildman–Crippen MR) is 77.6 cm³/mol. The molecule has 5 heteroatoms. The van der Waals surface area contributed by atoms with Crippen molar-refractivity contribution in [2.75, 3.05) is 5.32 Å². The van der Waals surface area contributed by atoms with Crippen LogP contribution in [0.25, 0.3) is 0 Å². The summed E-state index contributed by atoms with van der Waals surface area (Å²) < 4.78 is 38.3. The Morgan fingerprint density at radius 3 is 2.25 bits per heavy atom. The summed E-state index contributed by atoms with van der Waals surface area (Å²) >= 11 is 3.42. The number of alkyl halides is 3. The monoisotopic (exact) mass is 343 g/mol. The highest BCUT2D eigenvalue weighted by Gasteiger charge is 2.29. The van der Waals surface area contributed by atoms with Gasteiger partial charge in [-0.05, 0) is 48.4 Å². The van der Waals surface area contributed by atoms with E-state index in [1.54, 1.807) is 0 Å². The van der Waals surface area contributed by atoms with Gasteiger partial charge in [0.2, 0.25) is 0 Å². The summed E-state index contributed by atoms with van der Waals surface area (Å²) in [5, 5.41) is 3.10. The van der Waals surface area contributed by atoms with E-state index < -0.39 is 11.7 Å². The lowest BCUT2D eigenvalue weighted by atomic mass is 10.1. The van der Waals surface area contributed by atoms with Crippen LogP contribution in [0.4, 0.5) is 18.9 Å². The molecule has 0 aliphatic rings. The molecule has 0 fully saturated rings. The van der Waals surface area contributed by atoms with Gasteiger partial charge in [-0.3, -0.25) is 0 Å². The number of benzene rings is 2. The van der Waals surface area contributed by atoms with Crippen LogP contribution < -0.4 is 5.32 Å². The summed E-state index contributed by atoms with van der Waals surface area (Å²) in [4.78, 5) is 0. The molecule has 20 heavy (non-hydrogen) atoms. The van der Waals surface area contributed by atoms with Crippen LogP contribution in [-0.4, -0.2) is 0 Å². The maximum atomic E-state index is 12.4. The van der Waals surface area contributed by atoms with Gasteiger partial charge >= 0.3 is 6.18 Å². The molecule has 0 amide bonds. The lowest BCUT2D eigenvalue weighted by molar-refractivity contribution is -0.137. The van der Waals surface area contributed by atoms with Crippen LogP contribution >= 0.6 is 15.9 Å². The quantitative estimate of drug-likeness (QED) is 0.787. The number of aryl methyl sites for hydroxylation is 1. The van der Waals surface area contributed by atoms with Gasteiger partial charge in [-0.25, -0.2) is 0 Å². The smallest absolute Gasteiger partial charge is 0.381 e. The first-order valence-electron chi connectivity index (χ1n) is 6.02. The van der Waals surface area contributed by atoms with Crippen molar-refractivity contribution < 1.29 is 13.2 Å². The van der Waals surface area contributed by atoms with E-state index in [1.165, 1.54) is 12.1 Å². The number of halogens is 4. The molecule has 0 saturated heterocycles. The van der Waals surface area contributed by atoms with Crippen molar-refractivity contribution in [3.8, 4) is 0 Å². The minimum absolute atomic E-state index is 0.569. The first kappa shape index (κ1) is 14.9. The molecule has 0 saturated carbocycles. The normalized spacial score (nSPS) is 11.4. The second-order valence-corrected chi connectivity index (χ2v) is 5.37. The van der Waals surface area contributed by atoms with Crippen molar-refractivity contribution in [3.05, 3.63) is 63.6 Å². The Kier molecular flexibility index (Phi) is 4.38. The van der Waals surface area contributed by atoms with Crippen molar-refractivity contribution in [2.45, 2.75) is 19.6 Å². The summed E-state index contributed by atoms with van der Waals surface area (Å²) in [5.74, 6) is 0. The van der Waals surface area contributed by atoms with Crippen LogP contribution in [0, 0.1) is 6.92 Å². The van der Waals surface area contributed by atoms with Crippen LogP contribution in [-0.2, 0) is 12.7 Å². The molecule has 2 aromatic rings. The van der Waals surface area contributed by atoms with Crippen molar-refractivity contribution >= 4 is 21.6 Å². The fraction of sp³-hybridized carbons (Fsp3) is 0.200. The Balaban J connectivity index is 2.02. The zero-order valence-electron chi connectivity index (χ0n) is 10.8. The predicted octanol–water partition coefficient (Wildman–Crippen LogP) is 5.39. The van der Waals surface area contributed by atoms with E-state index in [-0.39, 0.29) is 0 Å². The van der Waals surface area contributed by atoms with E-state index in [4.69, 9.17) is 0 Å². The van der Waals surface area contributed by atoms with Crippen LogP contribution in [0.15, 0.2) is 46.9 Å². The molecule has 2 rings (SSSR count). The van der Waals surface area contributed by atoms with Crippen LogP contribution in [0.3, 0.4) is 0 Å². The number of hydrogen-bond acceptors (Lipinski definition) is 1. The highest BCUT2D eigenvalue weighted by Crippen LogP contribution is 2.29. The third-order valence-corrected chi connectivity index (χ3v) is 3.82. The number of nitrogens with one attached hydrogen (secondary N) is 1. The van der Waals surface area contributed by atoms with Gasteiger partial charge in [0.25, 0.3) is 0 Å². The van der Waals surface area contributed by atoms with Gasteiger partial charge in [0, 0.05) is 16.7 Å². The van der Waals surface area contributed by atoms with Gasteiger partial charge in [-0.1, -0.05) is 28.1 Å². The molecular formula is C15H13BrF3N. The molecule has 0 heterocycles. The topological polar surface area (TPSA) is 12.0 Å². The summed E-state index contributed by atoms with van der Waals surface area (Å²) in [6.45, 7) is 2.56. The average Bonchev–Trinajstić information content (AvgIpc) is 2.40. The molecule has 0 atom stereocenters. The van der Waals surface area contributed by atoms with Gasteiger partial charge < -0.3 is 5.32 Å². The number of anilines is 1. The van der Waals surface area contributed by atoms with Gasteiger partial charge in [-0.2, -0.15) is 13.2 Å². The van der Waals surface area contributed by atoms with E-state index in [9.17, 15) is 13.2 Å². The van der Waals surface area contributed by atoms with E-state index in [0.717, 1.165) is 27.7 Å². The summed E-state index contributed by atoms with van der Waals surface area (Å²) in [7, 11) is 0. The largest absolute Gasteiger partial charge is 0.416 e. The minimum atomic E-state index is -4.29. The van der Waals surface area contributed by atoms with Gasteiger partial charge in [0.1, 0.15) is 0 Å². The molecule has 0 radical (unpaired) electrons. The van der Waals surface area contributed by atoms with Gasteiger partial charge in [0.05, 0.1) is 5.56 Å². The van der Waals surface area contributed by atoms with Gasteiger partial charge in [0.15, 0.2) is 0 Å². The summed E-state index contributed by atoms with van der Waals surface area (Å²) in [6, 6.07) is 11.0. The summed E-state index contributed by atoms with van der Waals surface area (Å²) in [5.41, 5.74) is 2.23. The maximum absolute atomic E-state index is 12.4. The minimum Gasteiger partial charge on any atom is -0.381 e. The first-order chi connectivity index (χ1) is 9.36. The Morgan fingerprint density at radius 2 is 1.70 bits per heavy atom. The lowest BCUT2D eigenvalue weighted by Gasteiger charge is -2.10. The molecule has 0 aliphatic carbocycles. The SMILES string of the molecule is Cc1cc(CNc2ccc(C(F)(F)F)cc2)ccc1Br.